The maximum atomic E-state index is 13.4. The number of hydrogen-bond acceptors (Lipinski definition) is 4. The van der Waals surface area contributed by atoms with E-state index in [1.165, 1.54) is 5.56 Å². The lowest BCUT2D eigenvalue weighted by Gasteiger charge is -2.44. The number of carbonyl (C=O) groups is 2. The molecule has 2 atom stereocenters. The summed E-state index contributed by atoms with van der Waals surface area (Å²) < 4.78 is 6.64. The van der Waals surface area contributed by atoms with Gasteiger partial charge in [-0.2, -0.15) is 0 Å². The number of fused-ring (bicyclic) bond motifs is 2. The minimum atomic E-state index is -0.282. The van der Waals surface area contributed by atoms with Gasteiger partial charge in [-0.1, -0.05) is 41.5 Å². The van der Waals surface area contributed by atoms with Crippen LogP contribution in [0.1, 0.15) is 64.0 Å². The number of benzene rings is 2. The van der Waals surface area contributed by atoms with E-state index in [9.17, 15) is 9.59 Å². The van der Waals surface area contributed by atoms with Gasteiger partial charge in [0.05, 0.1) is 18.8 Å². The predicted octanol–water partition coefficient (Wildman–Crippen LogP) is 4.65. The molecule has 1 fully saturated rings. The van der Waals surface area contributed by atoms with Crippen LogP contribution in [-0.2, 0) is 21.6 Å². The van der Waals surface area contributed by atoms with Crippen LogP contribution in [0.4, 0.5) is 0 Å². The average molecular weight is 484 g/mol. The van der Waals surface area contributed by atoms with Gasteiger partial charge < -0.3 is 15.0 Å². The number of amides is 2. The second kappa shape index (κ2) is 9.86. The predicted molar refractivity (Wildman–Crippen MR) is 139 cm³/mol. The molecule has 2 amide bonds. The van der Waals surface area contributed by atoms with E-state index in [4.69, 9.17) is 4.74 Å². The third-order valence-electron chi connectivity index (χ3n) is 7.63. The molecule has 6 heteroatoms. The number of nitrogens with one attached hydrogen (secondary N) is 1. The average Bonchev–Trinajstić information content (AvgIpc) is 3.11. The highest BCUT2D eigenvalue weighted by Gasteiger charge is 2.54. The Labute approximate surface area is 212 Å². The molecule has 2 heterocycles. The quantitative estimate of drug-likeness (QED) is 0.574. The molecule has 36 heavy (non-hydrogen) atoms. The largest absolute Gasteiger partial charge is 0.370 e. The van der Waals surface area contributed by atoms with Crippen LogP contribution in [-0.4, -0.2) is 40.9 Å². The molecule has 1 saturated heterocycles. The van der Waals surface area contributed by atoms with E-state index in [0.29, 0.717) is 19.7 Å². The van der Waals surface area contributed by atoms with Gasteiger partial charge in [0.15, 0.2) is 0 Å². The van der Waals surface area contributed by atoms with Gasteiger partial charge in [-0.05, 0) is 67.6 Å². The minimum absolute atomic E-state index is 0.0770. The molecule has 1 aromatic heterocycles. The van der Waals surface area contributed by atoms with Crippen molar-refractivity contribution < 1.29 is 14.3 Å². The number of piperidine rings is 1. The van der Waals surface area contributed by atoms with Crippen molar-refractivity contribution in [1.29, 1.82) is 0 Å². The van der Waals surface area contributed by atoms with Crippen molar-refractivity contribution in [2.75, 3.05) is 13.1 Å². The first kappa shape index (κ1) is 24.2. The van der Waals surface area contributed by atoms with Gasteiger partial charge >= 0.3 is 0 Å². The normalized spacial score (nSPS) is 20.2. The second-order valence-electron chi connectivity index (χ2n) is 10.2. The van der Waals surface area contributed by atoms with E-state index in [-0.39, 0.29) is 29.4 Å². The second-order valence-corrected chi connectivity index (χ2v) is 10.2. The number of pyridine rings is 1. The lowest BCUT2D eigenvalue weighted by atomic mass is 9.71. The van der Waals surface area contributed by atoms with Gasteiger partial charge in [0.1, 0.15) is 0 Å². The molecule has 1 spiro atoms. The van der Waals surface area contributed by atoms with Crippen LogP contribution in [0.25, 0.3) is 0 Å². The lowest BCUT2D eigenvalue weighted by Crippen LogP contribution is -2.51. The molecular weight excluding hydrogens is 450 g/mol. The molecule has 0 bridgehead atoms. The maximum absolute atomic E-state index is 13.4. The highest BCUT2D eigenvalue weighted by atomic mass is 16.5. The molecule has 2 aliphatic rings. The molecule has 6 nitrogen and oxygen atoms in total. The minimum Gasteiger partial charge on any atom is -0.370 e. The summed E-state index contributed by atoms with van der Waals surface area (Å²) in [6.45, 7) is 7.32. The van der Waals surface area contributed by atoms with Crippen molar-refractivity contribution in [3.63, 3.8) is 0 Å². The Hall–Kier alpha value is -3.51. The Morgan fingerprint density at radius 1 is 1.03 bits per heavy atom. The first-order chi connectivity index (χ1) is 17.4. The van der Waals surface area contributed by atoms with E-state index in [1.807, 2.05) is 49.1 Å². The lowest BCUT2D eigenvalue weighted by molar-refractivity contribution is -0.122. The number of likely N-dealkylation sites (tertiary alicyclic amines) is 1. The van der Waals surface area contributed by atoms with Crippen molar-refractivity contribution in [3.8, 4) is 0 Å². The molecular formula is C30H33N3O3. The van der Waals surface area contributed by atoms with Gasteiger partial charge in [0.2, 0.25) is 5.91 Å². The smallest absolute Gasteiger partial charge is 0.253 e. The van der Waals surface area contributed by atoms with E-state index in [2.05, 4.69) is 34.6 Å². The van der Waals surface area contributed by atoms with Crippen molar-refractivity contribution in [2.24, 2.45) is 0 Å². The van der Waals surface area contributed by atoms with Crippen LogP contribution >= 0.6 is 0 Å². The summed E-state index contributed by atoms with van der Waals surface area (Å²) in [5.41, 5.74) is 6.04. The first-order valence-electron chi connectivity index (χ1n) is 12.6. The molecule has 5 rings (SSSR count). The number of rotatable bonds is 5. The fourth-order valence-corrected chi connectivity index (χ4v) is 6.09. The van der Waals surface area contributed by atoms with Gasteiger partial charge in [0, 0.05) is 43.4 Å². The van der Waals surface area contributed by atoms with Gasteiger partial charge in [-0.25, -0.2) is 0 Å². The zero-order valence-corrected chi connectivity index (χ0v) is 21.2. The van der Waals surface area contributed by atoms with E-state index >= 15 is 0 Å². The molecule has 2 aromatic carbocycles. The Morgan fingerprint density at radius 2 is 1.69 bits per heavy atom. The topological polar surface area (TPSA) is 71.5 Å². The number of aryl methyl sites for hydroxylation is 2. The van der Waals surface area contributed by atoms with E-state index in [1.54, 1.807) is 19.3 Å². The highest BCUT2D eigenvalue weighted by molar-refractivity contribution is 5.94. The summed E-state index contributed by atoms with van der Waals surface area (Å²) in [6.07, 6.45) is 4.85. The molecule has 1 N–H and O–H groups in total. The molecule has 1 aliphatic heterocycles. The molecule has 3 aromatic rings. The van der Waals surface area contributed by atoms with Crippen LogP contribution in [0.2, 0.25) is 0 Å². The molecule has 0 unspecified atom stereocenters. The number of ether oxygens (including phenoxy) is 1. The van der Waals surface area contributed by atoms with Gasteiger partial charge in [-0.3, -0.25) is 14.6 Å². The van der Waals surface area contributed by atoms with Crippen molar-refractivity contribution in [1.82, 2.24) is 15.2 Å². The van der Waals surface area contributed by atoms with E-state index < -0.39 is 0 Å². The fraction of sp³-hybridized carbons (Fsp3) is 0.367. The summed E-state index contributed by atoms with van der Waals surface area (Å²) in [7, 11) is 0. The van der Waals surface area contributed by atoms with Gasteiger partial charge in [-0.15, -0.1) is 0 Å². The molecule has 0 radical (unpaired) electrons. The Kier molecular flexibility index (Phi) is 6.63. The zero-order valence-electron chi connectivity index (χ0n) is 21.2. The van der Waals surface area contributed by atoms with Crippen molar-refractivity contribution >= 4 is 11.8 Å². The van der Waals surface area contributed by atoms with Gasteiger partial charge in [0.25, 0.3) is 5.91 Å². The third-order valence-corrected chi connectivity index (χ3v) is 7.63. The summed E-state index contributed by atoms with van der Waals surface area (Å²) in [6, 6.07) is 18.0. The Bertz CT molecular complexity index is 1250. The summed E-state index contributed by atoms with van der Waals surface area (Å²) >= 11 is 0. The SMILES string of the molecule is CC(=O)N[C@H]1c2ccccc2C2(CCN(C(=O)c3cc(C)cc(C)c3)CC2)[C@@H]1OCc1ccncc1. The summed E-state index contributed by atoms with van der Waals surface area (Å²) in [5, 5.41) is 3.17. The Morgan fingerprint density at radius 3 is 2.36 bits per heavy atom. The molecule has 186 valence electrons. The van der Waals surface area contributed by atoms with Crippen LogP contribution in [0.15, 0.2) is 67.0 Å². The Balaban J connectivity index is 1.44. The van der Waals surface area contributed by atoms with Crippen LogP contribution in [0, 0.1) is 13.8 Å². The van der Waals surface area contributed by atoms with Crippen LogP contribution < -0.4 is 5.32 Å². The van der Waals surface area contributed by atoms with Crippen LogP contribution in [0.5, 0.6) is 0 Å². The number of carbonyl (C=O) groups excluding carboxylic acids is 2. The zero-order chi connectivity index (χ0) is 25.3. The first-order valence-corrected chi connectivity index (χ1v) is 12.6. The fourth-order valence-electron chi connectivity index (χ4n) is 6.09. The molecule has 0 saturated carbocycles. The maximum Gasteiger partial charge on any atom is 0.253 e. The number of aromatic nitrogens is 1. The van der Waals surface area contributed by atoms with Crippen molar-refractivity contribution in [2.45, 2.75) is 57.8 Å². The van der Waals surface area contributed by atoms with E-state index in [0.717, 1.165) is 40.7 Å². The molecule has 1 aliphatic carbocycles. The standard InChI is InChI=1S/C30H33N3O3/c1-20-16-21(2)18-24(17-20)29(35)33-14-10-30(11-15-33)26-7-5-4-6-25(26)27(32-22(3)34)28(30)36-19-23-8-12-31-13-9-23/h4-9,12-13,16-18,27-28H,10-11,14-15,19H2,1-3H3,(H,32,34)/t27-,28+/m0/s1. The number of nitrogens with zero attached hydrogens (tertiary/aromatic N) is 2. The third kappa shape index (κ3) is 4.53. The van der Waals surface area contributed by atoms with Crippen LogP contribution in [0.3, 0.4) is 0 Å². The van der Waals surface area contributed by atoms with Crippen molar-refractivity contribution in [3.05, 3.63) is 100 Å². The number of hydrogen-bond donors (Lipinski definition) is 1. The summed E-state index contributed by atoms with van der Waals surface area (Å²) in [5.74, 6) is 0.00221. The monoisotopic (exact) mass is 483 g/mol. The summed E-state index contributed by atoms with van der Waals surface area (Å²) in [4.78, 5) is 31.7. The highest BCUT2D eigenvalue weighted by Crippen LogP contribution is 2.52.